The van der Waals surface area contributed by atoms with Gasteiger partial charge in [0, 0.05) is 4.88 Å². The van der Waals surface area contributed by atoms with Crippen molar-refractivity contribution in [3.05, 3.63) is 32.1 Å². The topological polar surface area (TPSA) is 114 Å². The van der Waals surface area contributed by atoms with Gasteiger partial charge in [0.1, 0.15) is 10.7 Å². The largest absolute Gasteiger partial charge is 0.462 e. The zero-order valence-corrected chi connectivity index (χ0v) is 17.6. The Labute approximate surface area is 170 Å². The number of rotatable bonds is 6. The van der Waals surface area contributed by atoms with E-state index in [1.54, 1.807) is 13.8 Å². The van der Waals surface area contributed by atoms with E-state index in [1.807, 2.05) is 0 Å². The summed E-state index contributed by atoms with van der Waals surface area (Å²) < 4.78 is 5.21. The highest BCUT2D eigenvalue weighted by atomic mass is 32.2. The third-order valence-electron chi connectivity index (χ3n) is 4.42. The second kappa shape index (κ2) is 8.87. The lowest BCUT2D eigenvalue weighted by molar-refractivity contribution is -0.113. The van der Waals surface area contributed by atoms with E-state index < -0.39 is 5.97 Å². The Morgan fingerprint density at radius 3 is 2.89 bits per heavy atom. The van der Waals surface area contributed by atoms with Crippen LogP contribution in [0.3, 0.4) is 0 Å². The van der Waals surface area contributed by atoms with Crippen LogP contribution in [0.15, 0.2) is 9.95 Å². The molecule has 2 heterocycles. The number of aromatic nitrogens is 3. The summed E-state index contributed by atoms with van der Waals surface area (Å²) in [7, 11) is 0. The van der Waals surface area contributed by atoms with Crippen LogP contribution in [0, 0.1) is 12.8 Å². The first-order valence-corrected chi connectivity index (χ1v) is 10.9. The van der Waals surface area contributed by atoms with Crippen LogP contribution in [0.2, 0.25) is 0 Å². The monoisotopic (exact) mass is 422 g/mol. The van der Waals surface area contributed by atoms with Crippen molar-refractivity contribution in [1.82, 2.24) is 15.2 Å². The highest BCUT2D eigenvalue weighted by Crippen LogP contribution is 2.40. The first-order valence-electron chi connectivity index (χ1n) is 9.07. The number of amides is 1. The maximum absolute atomic E-state index is 12.5. The molecule has 1 aliphatic rings. The van der Waals surface area contributed by atoms with Gasteiger partial charge >= 0.3 is 5.97 Å². The molecule has 28 heavy (non-hydrogen) atoms. The number of aromatic amines is 1. The average Bonchev–Trinajstić information content (AvgIpc) is 2.99. The number of nitrogens with zero attached hydrogens (tertiary/aromatic N) is 2. The van der Waals surface area contributed by atoms with Gasteiger partial charge in [0.25, 0.3) is 5.56 Å². The zero-order valence-electron chi connectivity index (χ0n) is 16.0. The fourth-order valence-corrected chi connectivity index (χ4v) is 5.02. The van der Waals surface area contributed by atoms with Crippen molar-refractivity contribution in [2.45, 2.75) is 45.2 Å². The summed E-state index contributed by atoms with van der Waals surface area (Å²) in [5.41, 5.74) is 1.42. The lowest BCUT2D eigenvalue weighted by Crippen LogP contribution is -2.19. The number of hydrogen-bond acceptors (Lipinski definition) is 8. The van der Waals surface area contributed by atoms with E-state index in [0.29, 0.717) is 16.5 Å². The summed E-state index contributed by atoms with van der Waals surface area (Å²) in [5, 5.41) is 11.2. The van der Waals surface area contributed by atoms with E-state index >= 15 is 0 Å². The fraction of sp³-hybridized carbons (Fsp3) is 0.500. The lowest BCUT2D eigenvalue weighted by Gasteiger charge is -2.18. The number of fused-ring (bicyclic) bond motifs is 1. The van der Waals surface area contributed by atoms with Gasteiger partial charge in [-0.2, -0.15) is 0 Å². The predicted molar refractivity (Wildman–Crippen MR) is 108 cm³/mol. The second-order valence-corrected chi connectivity index (χ2v) is 8.73. The van der Waals surface area contributed by atoms with Crippen LogP contribution in [0.4, 0.5) is 5.00 Å². The van der Waals surface area contributed by atoms with Gasteiger partial charge in [0.15, 0.2) is 5.16 Å². The third kappa shape index (κ3) is 4.61. The van der Waals surface area contributed by atoms with Crippen molar-refractivity contribution < 1.29 is 14.3 Å². The van der Waals surface area contributed by atoms with Crippen molar-refractivity contribution in [3.63, 3.8) is 0 Å². The Hall–Kier alpha value is -2.20. The van der Waals surface area contributed by atoms with Crippen molar-refractivity contribution in [2.75, 3.05) is 17.7 Å². The molecule has 0 aliphatic heterocycles. The molecule has 1 atom stereocenters. The van der Waals surface area contributed by atoms with Gasteiger partial charge in [-0.25, -0.2) is 4.79 Å². The van der Waals surface area contributed by atoms with E-state index in [0.717, 1.165) is 41.5 Å². The molecule has 0 fully saturated rings. The van der Waals surface area contributed by atoms with Crippen molar-refractivity contribution >= 4 is 40.0 Å². The molecule has 8 nitrogen and oxygen atoms in total. The fourth-order valence-electron chi connectivity index (χ4n) is 3.00. The Morgan fingerprint density at radius 1 is 1.39 bits per heavy atom. The molecule has 2 N–H and O–H groups in total. The molecular formula is C18H22N4O4S2. The molecule has 10 heteroatoms. The minimum absolute atomic E-state index is 0.0366. The molecule has 2 aromatic heterocycles. The highest BCUT2D eigenvalue weighted by molar-refractivity contribution is 7.99. The van der Waals surface area contributed by atoms with E-state index in [9.17, 15) is 14.4 Å². The molecule has 3 rings (SSSR count). The van der Waals surface area contributed by atoms with Crippen LogP contribution in [-0.4, -0.2) is 39.4 Å². The Bertz CT molecular complexity index is 954. The van der Waals surface area contributed by atoms with Gasteiger partial charge in [0.05, 0.1) is 17.9 Å². The number of esters is 1. The zero-order chi connectivity index (χ0) is 20.3. The second-order valence-electron chi connectivity index (χ2n) is 6.66. The molecule has 0 saturated carbocycles. The van der Waals surface area contributed by atoms with Crippen molar-refractivity contribution in [1.29, 1.82) is 0 Å². The van der Waals surface area contributed by atoms with Gasteiger partial charge in [-0.3, -0.25) is 14.6 Å². The number of thiophene rings is 1. The summed E-state index contributed by atoms with van der Waals surface area (Å²) in [6.45, 7) is 5.79. The minimum atomic E-state index is -0.397. The Morgan fingerprint density at radius 2 is 2.18 bits per heavy atom. The summed E-state index contributed by atoms with van der Waals surface area (Å²) in [4.78, 5) is 40.2. The van der Waals surface area contributed by atoms with Crippen molar-refractivity contribution in [3.8, 4) is 0 Å². The molecule has 0 bridgehead atoms. The van der Waals surface area contributed by atoms with Crippen LogP contribution in [0.25, 0.3) is 0 Å². The quantitative estimate of drug-likeness (QED) is 0.543. The Kier molecular flexibility index (Phi) is 6.50. The number of thioether (sulfide) groups is 1. The Balaban J connectivity index is 1.75. The molecule has 2 aromatic rings. The van der Waals surface area contributed by atoms with Crippen LogP contribution >= 0.6 is 23.1 Å². The van der Waals surface area contributed by atoms with Crippen LogP contribution in [0.5, 0.6) is 0 Å². The predicted octanol–water partition coefficient (Wildman–Crippen LogP) is 2.57. The molecule has 0 saturated heterocycles. The molecule has 1 aliphatic carbocycles. The molecule has 0 aromatic carbocycles. The number of carbonyl (C=O) groups is 2. The lowest BCUT2D eigenvalue weighted by atomic mass is 9.88. The maximum Gasteiger partial charge on any atom is 0.341 e. The van der Waals surface area contributed by atoms with Crippen LogP contribution < -0.4 is 10.9 Å². The number of H-pyrrole nitrogens is 1. The first-order chi connectivity index (χ1) is 13.4. The summed E-state index contributed by atoms with van der Waals surface area (Å²) in [6.07, 6.45) is 2.72. The minimum Gasteiger partial charge on any atom is -0.462 e. The highest BCUT2D eigenvalue weighted by Gasteiger charge is 2.29. The molecular weight excluding hydrogens is 400 g/mol. The van der Waals surface area contributed by atoms with Crippen LogP contribution in [-0.2, 0) is 22.4 Å². The maximum atomic E-state index is 12.5. The number of nitrogens with one attached hydrogen (secondary N) is 2. The van der Waals surface area contributed by atoms with Gasteiger partial charge in [-0.1, -0.05) is 18.7 Å². The van der Waals surface area contributed by atoms with Gasteiger partial charge in [-0.15, -0.1) is 21.5 Å². The number of hydrogen-bond donors (Lipinski definition) is 2. The van der Waals surface area contributed by atoms with Gasteiger partial charge in [-0.05, 0) is 44.6 Å². The number of anilines is 1. The molecule has 150 valence electrons. The summed E-state index contributed by atoms with van der Waals surface area (Å²) in [6, 6.07) is 0. The molecule has 1 unspecified atom stereocenters. The normalized spacial score (nSPS) is 15.8. The standard InChI is InChI=1S/C18H22N4O4S2/c1-4-26-17(25)14-11-6-5-9(2)7-12(11)28-16(14)19-13(23)8-27-18-20-15(24)10(3)21-22-18/h9H,4-8H2,1-3H3,(H,19,23)(H,20,22,24). The molecule has 1 amide bonds. The van der Waals surface area contributed by atoms with Gasteiger partial charge in [0.2, 0.25) is 5.91 Å². The SMILES string of the molecule is CCOC(=O)c1c(NC(=O)CSc2nnc(C)c(=O)[nH]2)sc2c1CCC(C)C2. The van der Waals surface area contributed by atoms with Gasteiger partial charge < -0.3 is 10.1 Å². The van der Waals surface area contributed by atoms with E-state index in [2.05, 4.69) is 27.4 Å². The van der Waals surface area contributed by atoms with Crippen LogP contribution in [0.1, 0.15) is 46.8 Å². The number of aryl methyl sites for hydroxylation is 1. The average molecular weight is 423 g/mol. The number of ether oxygens (including phenoxy) is 1. The van der Waals surface area contributed by atoms with E-state index in [-0.39, 0.29) is 34.7 Å². The smallest absolute Gasteiger partial charge is 0.341 e. The van der Waals surface area contributed by atoms with Crippen molar-refractivity contribution in [2.24, 2.45) is 5.92 Å². The van der Waals surface area contributed by atoms with E-state index in [4.69, 9.17) is 4.74 Å². The summed E-state index contributed by atoms with van der Waals surface area (Å²) in [5.74, 6) is -0.0940. The summed E-state index contributed by atoms with van der Waals surface area (Å²) >= 11 is 2.52. The molecule has 0 spiro atoms. The molecule has 0 radical (unpaired) electrons. The van der Waals surface area contributed by atoms with E-state index in [1.165, 1.54) is 11.3 Å². The number of carbonyl (C=O) groups excluding carboxylic acids is 2. The first kappa shape index (κ1) is 20.5. The third-order valence-corrected chi connectivity index (χ3v) is 6.46.